The predicted molar refractivity (Wildman–Crippen MR) is 73.3 cm³/mol. The molecule has 4 heteroatoms. The second-order valence-electron chi connectivity index (χ2n) is 5.44. The van der Waals surface area contributed by atoms with Crippen molar-refractivity contribution in [1.82, 2.24) is 0 Å². The van der Waals surface area contributed by atoms with Crippen molar-refractivity contribution in [3.05, 3.63) is 33.6 Å². The molecule has 1 aliphatic rings. The van der Waals surface area contributed by atoms with Gasteiger partial charge in [-0.3, -0.25) is 4.79 Å². The lowest BCUT2D eigenvalue weighted by atomic mass is 9.67. The predicted octanol–water partition coefficient (Wildman–Crippen LogP) is 4.38. The van der Waals surface area contributed by atoms with E-state index in [-0.39, 0.29) is 5.02 Å². The fraction of sp³-hybridized carbons (Fsp3) is 0.533. The molecular weight excluding hydrogens is 267 g/mol. The van der Waals surface area contributed by atoms with Crippen LogP contribution in [0.4, 0.5) is 4.39 Å². The zero-order valence-corrected chi connectivity index (χ0v) is 12.0. The van der Waals surface area contributed by atoms with Crippen molar-refractivity contribution in [3.63, 3.8) is 0 Å². The molecule has 1 saturated carbocycles. The Morgan fingerprint density at radius 1 is 1.32 bits per heavy atom. The maximum absolute atomic E-state index is 14.4. The van der Waals surface area contributed by atoms with Crippen molar-refractivity contribution in [2.45, 2.75) is 51.4 Å². The molecule has 1 aliphatic carbocycles. The molecule has 1 aromatic rings. The molecule has 0 aliphatic heterocycles. The van der Waals surface area contributed by atoms with Crippen molar-refractivity contribution in [2.24, 2.45) is 0 Å². The van der Waals surface area contributed by atoms with Crippen LogP contribution in [0.3, 0.4) is 0 Å². The third-order valence-electron chi connectivity index (χ3n) is 4.33. The summed E-state index contributed by atoms with van der Waals surface area (Å²) in [6.07, 6.45) is 3.61. The van der Waals surface area contributed by atoms with Crippen LogP contribution >= 0.6 is 11.6 Å². The average Bonchev–Trinajstić information content (AvgIpc) is 2.37. The van der Waals surface area contributed by atoms with Gasteiger partial charge in [0.05, 0.1) is 10.4 Å². The smallest absolute Gasteiger partial charge is 0.314 e. The molecule has 1 N–H and O–H groups in total. The molecule has 0 radical (unpaired) electrons. The Labute approximate surface area is 117 Å². The molecule has 104 valence electrons. The highest BCUT2D eigenvalue weighted by Gasteiger charge is 2.44. The first kappa shape index (κ1) is 14.3. The minimum Gasteiger partial charge on any atom is -0.481 e. The molecule has 0 unspecified atom stereocenters. The third kappa shape index (κ3) is 2.25. The zero-order valence-electron chi connectivity index (χ0n) is 11.2. The van der Waals surface area contributed by atoms with E-state index in [1.165, 1.54) is 0 Å². The van der Waals surface area contributed by atoms with Crippen molar-refractivity contribution in [1.29, 1.82) is 0 Å². The number of carboxylic acid groups (broad SMARTS) is 1. The van der Waals surface area contributed by atoms with E-state index in [9.17, 15) is 14.3 Å². The molecule has 0 heterocycles. The number of carboxylic acids is 1. The van der Waals surface area contributed by atoms with E-state index < -0.39 is 17.2 Å². The Hall–Kier alpha value is -1.09. The number of rotatable bonds is 2. The molecule has 1 fully saturated rings. The third-order valence-corrected chi connectivity index (χ3v) is 4.61. The standard InChI is InChI=1S/C15H18ClFO2/c1-9-8-11(16)13(17)12(10(9)2)15(14(18)19)6-4-3-5-7-15/h8H,3-7H2,1-2H3,(H,18,19). The summed E-state index contributed by atoms with van der Waals surface area (Å²) in [4.78, 5) is 11.8. The lowest BCUT2D eigenvalue weighted by Crippen LogP contribution is -2.39. The molecule has 0 bridgehead atoms. The number of aryl methyl sites for hydroxylation is 1. The first-order valence-electron chi connectivity index (χ1n) is 6.59. The molecule has 0 atom stereocenters. The van der Waals surface area contributed by atoms with Crippen molar-refractivity contribution in [3.8, 4) is 0 Å². The first-order chi connectivity index (χ1) is 8.90. The summed E-state index contributed by atoms with van der Waals surface area (Å²) >= 11 is 5.91. The van der Waals surface area contributed by atoms with E-state index in [1.807, 2.05) is 6.92 Å². The normalized spacial score (nSPS) is 18.3. The highest BCUT2D eigenvalue weighted by atomic mass is 35.5. The van der Waals surface area contributed by atoms with Crippen LogP contribution in [0.2, 0.25) is 5.02 Å². The molecule has 0 aromatic heterocycles. The van der Waals surface area contributed by atoms with Crippen LogP contribution in [-0.4, -0.2) is 11.1 Å². The van der Waals surface area contributed by atoms with E-state index in [0.717, 1.165) is 24.8 Å². The van der Waals surface area contributed by atoms with Crippen LogP contribution in [0.5, 0.6) is 0 Å². The van der Waals surface area contributed by atoms with Gasteiger partial charge < -0.3 is 5.11 Å². The molecule has 0 amide bonds. The van der Waals surface area contributed by atoms with E-state index in [1.54, 1.807) is 13.0 Å². The van der Waals surface area contributed by atoms with Gasteiger partial charge in [0.1, 0.15) is 5.82 Å². The Morgan fingerprint density at radius 3 is 2.42 bits per heavy atom. The van der Waals surface area contributed by atoms with Crippen LogP contribution in [-0.2, 0) is 10.2 Å². The van der Waals surface area contributed by atoms with Crippen molar-refractivity contribution < 1.29 is 14.3 Å². The van der Waals surface area contributed by atoms with E-state index in [2.05, 4.69) is 0 Å². The molecule has 1 aromatic carbocycles. The fourth-order valence-electron chi connectivity index (χ4n) is 3.14. The van der Waals surface area contributed by atoms with Gasteiger partial charge in [0.25, 0.3) is 0 Å². The summed E-state index contributed by atoms with van der Waals surface area (Å²) < 4.78 is 14.4. The average molecular weight is 285 g/mol. The van der Waals surface area contributed by atoms with E-state index >= 15 is 0 Å². The van der Waals surface area contributed by atoms with Crippen LogP contribution in [0.15, 0.2) is 6.07 Å². The number of halogens is 2. The number of carbonyl (C=O) groups is 1. The number of aliphatic carboxylic acids is 1. The van der Waals surface area contributed by atoms with Gasteiger partial charge >= 0.3 is 5.97 Å². The van der Waals surface area contributed by atoms with E-state index in [0.29, 0.717) is 24.0 Å². The maximum Gasteiger partial charge on any atom is 0.314 e. The number of hydrogen-bond donors (Lipinski definition) is 1. The largest absolute Gasteiger partial charge is 0.481 e. The number of hydrogen-bond acceptors (Lipinski definition) is 1. The van der Waals surface area contributed by atoms with Gasteiger partial charge in [-0.05, 0) is 43.9 Å². The quantitative estimate of drug-likeness (QED) is 0.875. The Balaban J connectivity index is 2.70. The topological polar surface area (TPSA) is 37.3 Å². The summed E-state index contributed by atoms with van der Waals surface area (Å²) in [7, 11) is 0. The van der Waals surface area contributed by atoms with Gasteiger partial charge in [0, 0.05) is 5.56 Å². The van der Waals surface area contributed by atoms with Crippen LogP contribution in [0.25, 0.3) is 0 Å². The summed E-state index contributed by atoms with van der Waals surface area (Å²) in [5, 5.41) is 9.68. The lowest BCUT2D eigenvalue weighted by Gasteiger charge is -2.35. The summed E-state index contributed by atoms with van der Waals surface area (Å²) in [6.45, 7) is 3.62. The highest BCUT2D eigenvalue weighted by Crippen LogP contribution is 2.44. The minimum absolute atomic E-state index is 0.0179. The second kappa shape index (κ2) is 5.12. The minimum atomic E-state index is -1.11. The van der Waals surface area contributed by atoms with Gasteiger partial charge in [-0.1, -0.05) is 30.9 Å². The summed E-state index contributed by atoms with van der Waals surface area (Å²) in [5.74, 6) is -1.50. The van der Waals surface area contributed by atoms with Gasteiger partial charge in [-0.15, -0.1) is 0 Å². The van der Waals surface area contributed by atoms with Crippen LogP contribution in [0, 0.1) is 19.7 Å². The molecule has 0 saturated heterocycles. The van der Waals surface area contributed by atoms with Gasteiger partial charge in [0.15, 0.2) is 0 Å². The molecule has 2 nitrogen and oxygen atoms in total. The van der Waals surface area contributed by atoms with Gasteiger partial charge in [-0.2, -0.15) is 0 Å². The summed E-state index contributed by atoms with van der Waals surface area (Å²) in [5.41, 5.74) is 0.741. The van der Waals surface area contributed by atoms with Crippen LogP contribution < -0.4 is 0 Å². The molecule has 0 spiro atoms. The Morgan fingerprint density at radius 2 is 1.89 bits per heavy atom. The van der Waals surface area contributed by atoms with Crippen LogP contribution in [0.1, 0.15) is 48.8 Å². The second-order valence-corrected chi connectivity index (χ2v) is 5.84. The molecule has 19 heavy (non-hydrogen) atoms. The SMILES string of the molecule is Cc1cc(Cl)c(F)c(C2(C(=O)O)CCCCC2)c1C. The van der Waals surface area contributed by atoms with Crippen molar-refractivity contribution >= 4 is 17.6 Å². The van der Waals surface area contributed by atoms with Gasteiger partial charge in [0.2, 0.25) is 0 Å². The van der Waals surface area contributed by atoms with Gasteiger partial charge in [-0.25, -0.2) is 4.39 Å². The first-order valence-corrected chi connectivity index (χ1v) is 6.97. The molecule has 2 rings (SSSR count). The maximum atomic E-state index is 14.4. The lowest BCUT2D eigenvalue weighted by molar-refractivity contribution is -0.145. The zero-order chi connectivity index (χ0) is 14.2. The number of benzene rings is 1. The Kier molecular flexibility index (Phi) is 3.86. The fourth-order valence-corrected chi connectivity index (χ4v) is 3.40. The highest BCUT2D eigenvalue weighted by molar-refractivity contribution is 6.31. The summed E-state index contributed by atoms with van der Waals surface area (Å²) in [6, 6.07) is 1.56. The van der Waals surface area contributed by atoms with Crippen molar-refractivity contribution in [2.75, 3.05) is 0 Å². The Bertz CT molecular complexity index is 493. The monoisotopic (exact) mass is 284 g/mol. The molecular formula is C15H18ClFO2. The van der Waals surface area contributed by atoms with E-state index in [4.69, 9.17) is 11.6 Å².